The van der Waals surface area contributed by atoms with Crippen LogP contribution in [0.1, 0.15) is 11.6 Å². The van der Waals surface area contributed by atoms with Crippen LogP contribution in [0, 0.1) is 0 Å². The Hall–Kier alpha value is -3.31. The van der Waals surface area contributed by atoms with Gasteiger partial charge in [0.1, 0.15) is 12.1 Å². The van der Waals surface area contributed by atoms with Crippen LogP contribution < -0.4 is 11.1 Å². The Balaban J connectivity index is 1.52. The maximum atomic E-state index is 6.24. The third-order valence-electron chi connectivity index (χ3n) is 4.30. The lowest BCUT2D eigenvalue weighted by Gasteiger charge is -2.14. The lowest BCUT2D eigenvalue weighted by atomic mass is 10.1. The lowest BCUT2D eigenvalue weighted by Crippen LogP contribution is -2.20. The fourth-order valence-corrected chi connectivity index (χ4v) is 2.88. The smallest absolute Gasteiger partial charge is 0.130 e. The molecule has 0 aliphatic heterocycles. The Bertz CT molecular complexity index is 1020. The molecular weight excluding hydrogens is 322 g/mol. The first-order chi connectivity index (χ1) is 12.8. The SMILES string of the molecule is NC(CNc1cc(-c2ccc3ncccc3c2)ncn1)c1ccccc1. The molecule has 128 valence electrons. The van der Waals surface area contributed by atoms with Crippen molar-refractivity contribution in [2.24, 2.45) is 5.73 Å². The Kier molecular flexibility index (Phi) is 4.53. The van der Waals surface area contributed by atoms with Crippen LogP contribution >= 0.6 is 0 Å². The number of nitrogens with one attached hydrogen (secondary N) is 1. The molecule has 26 heavy (non-hydrogen) atoms. The van der Waals surface area contributed by atoms with Crippen LogP contribution in [0.4, 0.5) is 5.82 Å². The second-order valence-corrected chi connectivity index (χ2v) is 6.10. The number of rotatable bonds is 5. The minimum atomic E-state index is -0.0960. The summed E-state index contributed by atoms with van der Waals surface area (Å²) in [6, 6.07) is 22.0. The van der Waals surface area contributed by atoms with Gasteiger partial charge in [-0.2, -0.15) is 0 Å². The zero-order chi connectivity index (χ0) is 17.8. The van der Waals surface area contributed by atoms with Gasteiger partial charge < -0.3 is 11.1 Å². The summed E-state index contributed by atoms with van der Waals surface area (Å²) < 4.78 is 0. The monoisotopic (exact) mass is 341 g/mol. The molecule has 0 saturated heterocycles. The number of pyridine rings is 1. The predicted molar refractivity (Wildman–Crippen MR) is 105 cm³/mol. The van der Waals surface area contributed by atoms with Gasteiger partial charge in [0.15, 0.2) is 0 Å². The standard InChI is InChI=1S/C21H19N5/c22-18(15-5-2-1-3-6-15)13-24-21-12-20(25-14-26-21)17-8-9-19-16(11-17)7-4-10-23-19/h1-12,14,18H,13,22H2,(H,24,25,26). The van der Waals surface area contributed by atoms with Crippen LogP contribution in [-0.2, 0) is 0 Å². The summed E-state index contributed by atoms with van der Waals surface area (Å²) in [6.07, 6.45) is 3.36. The van der Waals surface area contributed by atoms with E-state index in [0.29, 0.717) is 6.54 Å². The van der Waals surface area contributed by atoms with E-state index < -0.39 is 0 Å². The molecule has 5 heteroatoms. The van der Waals surface area contributed by atoms with Crippen molar-refractivity contribution in [1.82, 2.24) is 15.0 Å². The first-order valence-electron chi connectivity index (χ1n) is 8.51. The van der Waals surface area contributed by atoms with Crippen LogP contribution in [0.25, 0.3) is 22.2 Å². The van der Waals surface area contributed by atoms with Crippen LogP contribution in [0.2, 0.25) is 0 Å². The molecule has 0 radical (unpaired) electrons. The molecular formula is C21H19N5. The highest BCUT2D eigenvalue weighted by atomic mass is 15.0. The van der Waals surface area contributed by atoms with Gasteiger partial charge in [0.05, 0.1) is 11.2 Å². The van der Waals surface area contributed by atoms with Gasteiger partial charge >= 0.3 is 0 Å². The first-order valence-corrected chi connectivity index (χ1v) is 8.51. The van der Waals surface area contributed by atoms with Crippen LogP contribution in [0.5, 0.6) is 0 Å². The average Bonchev–Trinajstić information content (AvgIpc) is 2.72. The zero-order valence-corrected chi connectivity index (χ0v) is 14.2. The molecule has 2 heterocycles. The minimum Gasteiger partial charge on any atom is -0.368 e. The molecule has 1 atom stereocenters. The summed E-state index contributed by atoms with van der Waals surface area (Å²) in [4.78, 5) is 13.1. The van der Waals surface area contributed by atoms with Gasteiger partial charge in [-0.1, -0.05) is 42.5 Å². The van der Waals surface area contributed by atoms with E-state index in [1.807, 2.05) is 60.7 Å². The van der Waals surface area contributed by atoms with Gasteiger partial charge in [0.25, 0.3) is 0 Å². The molecule has 0 aliphatic carbocycles. The molecule has 4 rings (SSSR count). The fourth-order valence-electron chi connectivity index (χ4n) is 2.88. The second kappa shape index (κ2) is 7.29. The molecule has 0 amide bonds. The van der Waals surface area contributed by atoms with E-state index in [2.05, 4.69) is 26.3 Å². The maximum absolute atomic E-state index is 6.24. The zero-order valence-electron chi connectivity index (χ0n) is 14.2. The second-order valence-electron chi connectivity index (χ2n) is 6.10. The van der Waals surface area contributed by atoms with Crippen molar-refractivity contribution in [3.05, 3.63) is 84.8 Å². The number of fused-ring (bicyclic) bond motifs is 1. The van der Waals surface area contributed by atoms with E-state index in [4.69, 9.17) is 5.73 Å². The van der Waals surface area contributed by atoms with E-state index in [1.54, 1.807) is 12.5 Å². The third-order valence-corrected chi connectivity index (χ3v) is 4.30. The molecule has 0 spiro atoms. The normalized spacial score (nSPS) is 12.0. The number of aromatic nitrogens is 3. The van der Waals surface area contributed by atoms with Crippen LogP contribution in [-0.4, -0.2) is 21.5 Å². The first kappa shape index (κ1) is 16.2. The van der Waals surface area contributed by atoms with Gasteiger partial charge in [0.2, 0.25) is 0 Å². The quantitative estimate of drug-likeness (QED) is 0.577. The summed E-state index contributed by atoms with van der Waals surface area (Å²) in [5.41, 5.74) is 10.2. The Morgan fingerprint density at radius 1 is 0.885 bits per heavy atom. The number of hydrogen-bond donors (Lipinski definition) is 2. The van der Waals surface area contributed by atoms with E-state index in [1.165, 1.54) is 0 Å². The van der Waals surface area contributed by atoms with Crippen LogP contribution in [0.15, 0.2) is 79.3 Å². The van der Waals surface area contributed by atoms with Gasteiger partial charge in [-0.15, -0.1) is 0 Å². The number of anilines is 1. The predicted octanol–water partition coefficient (Wildman–Crippen LogP) is 3.80. The van der Waals surface area contributed by atoms with Crippen LogP contribution in [0.3, 0.4) is 0 Å². The minimum absolute atomic E-state index is 0.0960. The van der Waals surface area contributed by atoms with Gasteiger partial charge in [-0.3, -0.25) is 4.98 Å². The topological polar surface area (TPSA) is 76.7 Å². The highest BCUT2D eigenvalue weighted by molar-refractivity contribution is 5.83. The fraction of sp³-hybridized carbons (Fsp3) is 0.0952. The van der Waals surface area contributed by atoms with E-state index in [0.717, 1.165) is 33.5 Å². The summed E-state index contributed by atoms with van der Waals surface area (Å²) >= 11 is 0. The lowest BCUT2D eigenvalue weighted by molar-refractivity contribution is 0.761. The Morgan fingerprint density at radius 3 is 2.65 bits per heavy atom. The Morgan fingerprint density at radius 2 is 1.77 bits per heavy atom. The van der Waals surface area contributed by atoms with Crippen molar-refractivity contribution < 1.29 is 0 Å². The van der Waals surface area contributed by atoms with Gasteiger partial charge in [-0.25, -0.2) is 9.97 Å². The molecule has 0 bridgehead atoms. The molecule has 2 aromatic carbocycles. The molecule has 3 N–H and O–H groups in total. The van der Waals surface area contributed by atoms with Crippen molar-refractivity contribution >= 4 is 16.7 Å². The van der Waals surface area contributed by atoms with Crippen molar-refractivity contribution in [2.45, 2.75) is 6.04 Å². The largest absolute Gasteiger partial charge is 0.368 e. The highest BCUT2D eigenvalue weighted by Gasteiger charge is 2.07. The number of benzene rings is 2. The summed E-state index contributed by atoms with van der Waals surface area (Å²) in [7, 11) is 0. The van der Waals surface area contributed by atoms with E-state index in [-0.39, 0.29) is 6.04 Å². The van der Waals surface area contributed by atoms with Gasteiger partial charge in [0, 0.05) is 35.8 Å². The maximum Gasteiger partial charge on any atom is 0.130 e. The van der Waals surface area contributed by atoms with Crippen molar-refractivity contribution in [2.75, 3.05) is 11.9 Å². The number of nitrogens with zero attached hydrogens (tertiary/aromatic N) is 3. The molecule has 0 fully saturated rings. The third kappa shape index (κ3) is 3.53. The highest BCUT2D eigenvalue weighted by Crippen LogP contribution is 2.23. The molecule has 5 nitrogen and oxygen atoms in total. The molecule has 2 aromatic heterocycles. The molecule has 0 aliphatic rings. The molecule has 1 unspecified atom stereocenters. The van der Waals surface area contributed by atoms with E-state index in [9.17, 15) is 0 Å². The van der Waals surface area contributed by atoms with Crippen molar-refractivity contribution in [1.29, 1.82) is 0 Å². The number of hydrogen-bond acceptors (Lipinski definition) is 5. The van der Waals surface area contributed by atoms with Gasteiger partial charge in [-0.05, 0) is 23.8 Å². The Labute approximate surface area is 152 Å². The summed E-state index contributed by atoms with van der Waals surface area (Å²) in [6.45, 7) is 0.599. The van der Waals surface area contributed by atoms with E-state index >= 15 is 0 Å². The molecule has 4 aromatic rings. The summed E-state index contributed by atoms with van der Waals surface area (Å²) in [5, 5.41) is 4.39. The average molecular weight is 341 g/mol. The number of nitrogens with two attached hydrogens (primary N) is 1. The summed E-state index contributed by atoms with van der Waals surface area (Å²) in [5.74, 6) is 0.757. The van der Waals surface area contributed by atoms with Crippen molar-refractivity contribution in [3.63, 3.8) is 0 Å². The van der Waals surface area contributed by atoms with Crippen molar-refractivity contribution in [3.8, 4) is 11.3 Å². The molecule has 0 saturated carbocycles.